The third-order valence-electron chi connectivity index (χ3n) is 5.24. The number of sulfonamides is 1. The molecule has 0 aliphatic carbocycles. The summed E-state index contributed by atoms with van der Waals surface area (Å²) in [7, 11) is -2.10. The zero-order valence-corrected chi connectivity index (χ0v) is 19.9. The first-order valence-electron chi connectivity index (χ1n) is 10.7. The predicted molar refractivity (Wildman–Crippen MR) is 126 cm³/mol. The second kappa shape index (κ2) is 11.2. The van der Waals surface area contributed by atoms with Crippen LogP contribution in [0.4, 0.5) is 5.69 Å². The molecule has 170 valence electrons. The molecule has 2 aromatic carbocycles. The van der Waals surface area contributed by atoms with Gasteiger partial charge in [-0.3, -0.25) is 9.10 Å². The molecule has 0 aliphatic rings. The fourth-order valence-corrected chi connectivity index (χ4v) is 4.69. The van der Waals surface area contributed by atoms with E-state index in [1.54, 1.807) is 31.4 Å². The van der Waals surface area contributed by atoms with Crippen LogP contribution in [0.25, 0.3) is 0 Å². The van der Waals surface area contributed by atoms with E-state index in [4.69, 9.17) is 4.74 Å². The van der Waals surface area contributed by atoms with E-state index in [9.17, 15) is 13.2 Å². The lowest BCUT2D eigenvalue weighted by Crippen LogP contribution is -2.49. The van der Waals surface area contributed by atoms with Crippen LogP contribution in [0.3, 0.4) is 0 Å². The number of nitrogens with zero attached hydrogens (tertiary/aromatic N) is 1. The van der Waals surface area contributed by atoms with Gasteiger partial charge in [0.25, 0.3) is 0 Å². The standard InChI is InChI=1S/C24H34N2O4S/c1-6-23(26(31(5,28)29)21-13-15-22(30-4)16-14-21)24(27)25-17-7-8-19-9-11-20(12-10-19)18(2)3/h9-16,18,23H,6-8,17H2,1-5H3,(H,25,27)/t23-/m0/s1. The maximum atomic E-state index is 12.8. The molecule has 0 saturated carbocycles. The third kappa shape index (κ3) is 6.99. The van der Waals surface area contributed by atoms with Crippen LogP contribution in [0, 0.1) is 0 Å². The highest BCUT2D eigenvalue weighted by Gasteiger charge is 2.31. The minimum atomic E-state index is -3.65. The largest absolute Gasteiger partial charge is 0.497 e. The van der Waals surface area contributed by atoms with Crippen LogP contribution in [0.2, 0.25) is 0 Å². The van der Waals surface area contributed by atoms with Gasteiger partial charge < -0.3 is 10.1 Å². The van der Waals surface area contributed by atoms with Gasteiger partial charge >= 0.3 is 0 Å². The van der Waals surface area contributed by atoms with Crippen molar-refractivity contribution in [3.8, 4) is 5.75 Å². The second-order valence-corrected chi connectivity index (χ2v) is 9.83. The van der Waals surface area contributed by atoms with Crippen molar-refractivity contribution in [2.45, 2.75) is 52.0 Å². The van der Waals surface area contributed by atoms with Crippen LogP contribution < -0.4 is 14.4 Å². The van der Waals surface area contributed by atoms with Gasteiger partial charge in [0.05, 0.1) is 19.1 Å². The Bertz CT molecular complexity index is 939. The molecule has 0 radical (unpaired) electrons. The normalized spacial score (nSPS) is 12.5. The van der Waals surface area contributed by atoms with Gasteiger partial charge in [-0.2, -0.15) is 0 Å². The van der Waals surface area contributed by atoms with E-state index in [-0.39, 0.29) is 5.91 Å². The van der Waals surface area contributed by atoms with Crippen molar-refractivity contribution in [1.29, 1.82) is 0 Å². The van der Waals surface area contributed by atoms with E-state index in [2.05, 4.69) is 43.4 Å². The highest BCUT2D eigenvalue weighted by Crippen LogP contribution is 2.25. The smallest absolute Gasteiger partial charge is 0.243 e. The van der Waals surface area contributed by atoms with Gasteiger partial charge in [0.15, 0.2) is 0 Å². The van der Waals surface area contributed by atoms with Crippen LogP contribution in [-0.2, 0) is 21.2 Å². The average Bonchev–Trinajstić information content (AvgIpc) is 2.74. The quantitative estimate of drug-likeness (QED) is 0.527. The van der Waals surface area contributed by atoms with Crippen molar-refractivity contribution in [3.05, 3.63) is 59.7 Å². The van der Waals surface area contributed by atoms with Crippen molar-refractivity contribution in [2.24, 2.45) is 0 Å². The number of ether oxygens (including phenoxy) is 1. The van der Waals surface area contributed by atoms with Crippen LogP contribution in [0.15, 0.2) is 48.5 Å². The summed E-state index contributed by atoms with van der Waals surface area (Å²) in [6, 6.07) is 14.4. The topological polar surface area (TPSA) is 75.7 Å². The molecule has 0 spiro atoms. The van der Waals surface area contributed by atoms with E-state index in [1.807, 2.05) is 6.92 Å². The Balaban J connectivity index is 2.00. The van der Waals surface area contributed by atoms with Gasteiger partial charge in [0, 0.05) is 6.54 Å². The molecule has 0 fully saturated rings. The number of rotatable bonds is 11. The lowest BCUT2D eigenvalue weighted by Gasteiger charge is -2.30. The van der Waals surface area contributed by atoms with E-state index in [0.717, 1.165) is 19.1 Å². The molecule has 2 rings (SSSR count). The first-order valence-corrected chi connectivity index (χ1v) is 12.5. The van der Waals surface area contributed by atoms with Crippen molar-refractivity contribution < 1.29 is 17.9 Å². The van der Waals surface area contributed by atoms with Gasteiger partial charge in [0.2, 0.25) is 15.9 Å². The molecule has 0 heterocycles. The van der Waals surface area contributed by atoms with Crippen LogP contribution in [0.5, 0.6) is 5.75 Å². The first-order chi connectivity index (χ1) is 14.7. The Hall–Kier alpha value is -2.54. The summed E-state index contributed by atoms with van der Waals surface area (Å²) < 4.78 is 31.3. The number of methoxy groups -OCH3 is 1. The zero-order valence-electron chi connectivity index (χ0n) is 19.1. The summed E-state index contributed by atoms with van der Waals surface area (Å²) >= 11 is 0. The van der Waals surface area contributed by atoms with Crippen LogP contribution in [-0.4, -0.2) is 40.3 Å². The molecular weight excluding hydrogens is 412 g/mol. The Labute approximate surface area is 186 Å². The molecule has 1 amide bonds. The van der Waals surface area contributed by atoms with E-state index >= 15 is 0 Å². The molecular formula is C24H34N2O4S. The zero-order chi connectivity index (χ0) is 23.0. The summed E-state index contributed by atoms with van der Waals surface area (Å²) in [5.41, 5.74) is 2.97. The highest BCUT2D eigenvalue weighted by atomic mass is 32.2. The van der Waals surface area contributed by atoms with Crippen molar-refractivity contribution in [2.75, 3.05) is 24.2 Å². The monoisotopic (exact) mass is 446 g/mol. The van der Waals surface area contributed by atoms with Crippen molar-refractivity contribution in [3.63, 3.8) is 0 Å². The Kier molecular flexibility index (Phi) is 8.92. The number of amides is 1. The number of hydrogen-bond donors (Lipinski definition) is 1. The number of carbonyl (C=O) groups is 1. The predicted octanol–water partition coefficient (Wildman–Crippen LogP) is 4.11. The average molecular weight is 447 g/mol. The Morgan fingerprint density at radius 2 is 1.68 bits per heavy atom. The van der Waals surface area contributed by atoms with Gasteiger partial charge in [-0.25, -0.2) is 8.42 Å². The molecule has 31 heavy (non-hydrogen) atoms. The minimum Gasteiger partial charge on any atom is -0.497 e. The maximum Gasteiger partial charge on any atom is 0.243 e. The molecule has 0 bridgehead atoms. The van der Waals surface area contributed by atoms with Crippen LogP contribution >= 0.6 is 0 Å². The molecule has 2 aromatic rings. The first kappa shape index (κ1) is 24.7. The summed E-state index contributed by atoms with van der Waals surface area (Å²) in [6.07, 6.45) is 3.11. The summed E-state index contributed by atoms with van der Waals surface area (Å²) in [4.78, 5) is 12.8. The van der Waals surface area contributed by atoms with E-state index < -0.39 is 16.1 Å². The van der Waals surface area contributed by atoms with E-state index in [1.165, 1.54) is 15.4 Å². The number of benzene rings is 2. The molecule has 1 atom stereocenters. The molecule has 0 aliphatic heterocycles. The number of aryl methyl sites for hydroxylation is 1. The summed E-state index contributed by atoms with van der Waals surface area (Å²) in [6.45, 7) is 6.63. The van der Waals surface area contributed by atoms with Crippen molar-refractivity contribution >= 4 is 21.6 Å². The molecule has 0 saturated heterocycles. The van der Waals surface area contributed by atoms with Crippen LogP contribution in [0.1, 0.15) is 50.7 Å². The molecule has 1 N–H and O–H groups in total. The fraction of sp³-hybridized carbons (Fsp3) is 0.458. The van der Waals surface area contributed by atoms with E-state index in [0.29, 0.717) is 30.3 Å². The fourth-order valence-electron chi connectivity index (χ4n) is 3.48. The molecule has 6 nitrogen and oxygen atoms in total. The molecule has 0 aromatic heterocycles. The highest BCUT2D eigenvalue weighted by molar-refractivity contribution is 7.92. The Morgan fingerprint density at radius 1 is 1.06 bits per heavy atom. The summed E-state index contributed by atoms with van der Waals surface area (Å²) in [5, 5.41) is 2.91. The van der Waals surface area contributed by atoms with Crippen molar-refractivity contribution in [1.82, 2.24) is 5.32 Å². The number of hydrogen-bond acceptors (Lipinski definition) is 4. The Morgan fingerprint density at radius 3 is 2.16 bits per heavy atom. The van der Waals surface area contributed by atoms with Gasteiger partial charge in [-0.05, 0) is 60.6 Å². The number of carbonyl (C=O) groups excluding carboxylic acids is 1. The maximum absolute atomic E-state index is 12.8. The molecule has 0 unspecified atom stereocenters. The third-order valence-corrected chi connectivity index (χ3v) is 6.42. The minimum absolute atomic E-state index is 0.293. The van der Waals surface area contributed by atoms with Gasteiger partial charge in [-0.15, -0.1) is 0 Å². The van der Waals surface area contributed by atoms with Gasteiger partial charge in [-0.1, -0.05) is 45.0 Å². The second-order valence-electron chi connectivity index (χ2n) is 7.97. The lowest BCUT2D eigenvalue weighted by atomic mass is 10.0. The lowest BCUT2D eigenvalue weighted by molar-refractivity contribution is -0.122. The number of anilines is 1. The number of nitrogens with one attached hydrogen (secondary N) is 1. The SMILES string of the molecule is CC[C@@H](C(=O)NCCCc1ccc(C(C)C)cc1)N(c1ccc(OC)cc1)S(C)(=O)=O. The van der Waals surface area contributed by atoms with Gasteiger partial charge in [0.1, 0.15) is 11.8 Å². The summed E-state index contributed by atoms with van der Waals surface area (Å²) in [5.74, 6) is 0.831. The molecule has 7 heteroatoms.